The monoisotopic (exact) mass is 332 g/mol. The number of benzene rings is 1. The first-order chi connectivity index (χ1) is 10.3. The molecule has 2 N–H and O–H groups in total. The fourth-order valence-corrected chi connectivity index (χ4v) is 2.07. The van der Waals surface area contributed by atoms with E-state index >= 15 is 0 Å². The van der Waals surface area contributed by atoms with E-state index in [9.17, 15) is 22.8 Å². The number of alkyl halides is 3. The number of H-pyrrole nitrogens is 1. The van der Waals surface area contributed by atoms with Gasteiger partial charge in [-0.2, -0.15) is 13.2 Å². The summed E-state index contributed by atoms with van der Waals surface area (Å²) in [6.45, 7) is -0.484. The molecule has 0 unspecified atom stereocenters. The number of hydrogen-bond donors (Lipinski definition) is 2. The van der Waals surface area contributed by atoms with Gasteiger partial charge >= 0.3 is 11.9 Å². The van der Waals surface area contributed by atoms with Crippen LogP contribution in [0.5, 0.6) is 0 Å². The quantitative estimate of drug-likeness (QED) is 0.839. The lowest BCUT2D eigenvalue weighted by atomic mass is 10.1. The third-order valence-corrected chi connectivity index (χ3v) is 3.22. The van der Waals surface area contributed by atoms with Gasteiger partial charge in [-0.1, -0.05) is 23.9 Å². The standard InChI is InChI=1S/C12H11F3N4O2S/c1-22-10-17-11(21)19(18-10)6-9(20)16-8-5-3-2-4-7(8)12(13,14)15/h2-5H,6H2,1H3,(H,16,20)(H,17,18,21). The number of carbonyl (C=O) groups is 1. The Morgan fingerprint density at radius 3 is 2.68 bits per heavy atom. The van der Waals surface area contributed by atoms with Gasteiger partial charge in [0.25, 0.3) is 0 Å². The van der Waals surface area contributed by atoms with Crippen LogP contribution in [-0.4, -0.2) is 26.9 Å². The Kier molecular flexibility index (Phi) is 4.59. The summed E-state index contributed by atoms with van der Waals surface area (Å²) in [5, 5.41) is 6.26. The lowest BCUT2D eigenvalue weighted by molar-refractivity contribution is -0.137. The number of aromatic nitrogens is 3. The maximum atomic E-state index is 12.8. The summed E-state index contributed by atoms with van der Waals surface area (Å²) in [6, 6.07) is 4.60. The van der Waals surface area contributed by atoms with Crippen molar-refractivity contribution in [2.24, 2.45) is 0 Å². The van der Waals surface area contributed by atoms with Gasteiger partial charge in [0.15, 0.2) is 5.16 Å². The molecule has 0 bridgehead atoms. The van der Waals surface area contributed by atoms with Gasteiger partial charge in [0.05, 0.1) is 11.3 Å². The molecule has 0 fully saturated rings. The number of aromatic amines is 1. The zero-order chi connectivity index (χ0) is 16.3. The average Bonchev–Trinajstić information content (AvgIpc) is 2.78. The van der Waals surface area contributed by atoms with Crippen molar-refractivity contribution in [3.63, 3.8) is 0 Å². The zero-order valence-electron chi connectivity index (χ0n) is 11.3. The minimum Gasteiger partial charge on any atom is -0.324 e. The minimum absolute atomic E-state index is 0.313. The highest BCUT2D eigenvalue weighted by Gasteiger charge is 2.33. The first kappa shape index (κ1) is 16.1. The van der Waals surface area contributed by atoms with Crippen molar-refractivity contribution in [1.82, 2.24) is 14.8 Å². The molecule has 1 aromatic carbocycles. The number of anilines is 1. The van der Waals surface area contributed by atoms with Crippen LogP contribution in [0.25, 0.3) is 0 Å². The molecule has 0 saturated heterocycles. The van der Waals surface area contributed by atoms with Gasteiger partial charge in [-0.05, 0) is 18.4 Å². The third-order valence-electron chi connectivity index (χ3n) is 2.65. The fraction of sp³-hybridized carbons (Fsp3) is 0.250. The largest absolute Gasteiger partial charge is 0.418 e. The van der Waals surface area contributed by atoms with Crippen LogP contribution < -0.4 is 11.0 Å². The van der Waals surface area contributed by atoms with Crippen molar-refractivity contribution < 1.29 is 18.0 Å². The van der Waals surface area contributed by atoms with Crippen LogP contribution in [0.2, 0.25) is 0 Å². The first-order valence-corrected chi connectivity index (χ1v) is 7.21. The molecule has 0 radical (unpaired) electrons. The Hall–Kier alpha value is -2.23. The highest BCUT2D eigenvalue weighted by Crippen LogP contribution is 2.34. The van der Waals surface area contributed by atoms with E-state index < -0.39 is 29.9 Å². The second-order valence-electron chi connectivity index (χ2n) is 4.19. The van der Waals surface area contributed by atoms with Gasteiger partial charge in [-0.25, -0.2) is 9.48 Å². The lowest BCUT2D eigenvalue weighted by Gasteiger charge is -2.13. The Labute approximate surface area is 126 Å². The molecule has 0 aliphatic rings. The molecule has 1 amide bonds. The summed E-state index contributed by atoms with van der Waals surface area (Å²) in [5.41, 5.74) is -1.93. The van der Waals surface area contributed by atoms with E-state index in [1.807, 2.05) is 0 Å². The number of carbonyl (C=O) groups excluding carboxylic acids is 1. The molecule has 0 aliphatic heterocycles. The van der Waals surface area contributed by atoms with Crippen molar-refractivity contribution in [2.75, 3.05) is 11.6 Å². The Balaban J connectivity index is 2.16. The molecule has 22 heavy (non-hydrogen) atoms. The summed E-state index contributed by atoms with van der Waals surface area (Å²) >= 11 is 1.17. The average molecular weight is 332 g/mol. The molecule has 2 rings (SSSR count). The van der Waals surface area contributed by atoms with E-state index in [0.29, 0.717) is 5.16 Å². The summed E-state index contributed by atoms with van der Waals surface area (Å²) in [4.78, 5) is 25.7. The number of para-hydroxylation sites is 1. The molecular formula is C12H11F3N4O2S. The maximum Gasteiger partial charge on any atom is 0.418 e. The number of thioether (sulfide) groups is 1. The van der Waals surface area contributed by atoms with E-state index in [1.54, 1.807) is 6.26 Å². The van der Waals surface area contributed by atoms with Gasteiger partial charge in [-0.3, -0.25) is 9.78 Å². The van der Waals surface area contributed by atoms with Crippen LogP contribution >= 0.6 is 11.8 Å². The molecule has 0 atom stereocenters. The van der Waals surface area contributed by atoms with E-state index in [4.69, 9.17) is 0 Å². The van der Waals surface area contributed by atoms with Gasteiger partial charge in [0, 0.05) is 0 Å². The maximum absolute atomic E-state index is 12.8. The van der Waals surface area contributed by atoms with Crippen molar-refractivity contribution >= 4 is 23.4 Å². The highest BCUT2D eigenvalue weighted by molar-refractivity contribution is 7.98. The molecule has 1 heterocycles. The Bertz CT molecular complexity index is 738. The second kappa shape index (κ2) is 6.26. The van der Waals surface area contributed by atoms with Crippen LogP contribution in [0.3, 0.4) is 0 Å². The number of rotatable bonds is 4. The number of nitrogens with one attached hydrogen (secondary N) is 2. The summed E-state index contributed by atoms with van der Waals surface area (Å²) in [5.74, 6) is -0.780. The predicted molar refractivity (Wildman–Crippen MR) is 74.7 cm³/mol. The molecular weight excluding hydrogens is 321 g/mol. The fourth-order valence-electron chi connectivity index (χ4n) is 1.70. The number of amides is 1. The van der Waals surface area contributed by atoms with Gasteiger partial charge in [0.2, 0.25) is 5.91 Å². The van der Waals surface area contributed by atoms with Crippen LogP contribution in [0, 0.1) is 0 Å². The zero-order valence-corrected chi connectivity index (χ0v) is 12.1. The SMILES string of the molecule is CSc1nn(CC(=O)Nc2ccccc2C(F)(F)F)c(=O)[nH]1. The second-order valence-corrected chi connectivity index (χ2v) is 4.98. The van der Waals surface area contributed by atoms with Crippen molar-refractivity contribution in [3.8, 4) is 0 Å². The molecule has 0 saturated carbocycles. The molecule has 0 spiro atoms. The van der Waals surface area contributed by atoms with Crippen LogP contribution in [0.15, 0.2) is 34.2 Å². The topological polar surface area (TPSA) is 79.8 Å². The first-order valence-electron chi connectivity index (χ1n) is 5.98. The third kappa shape index (κ3) is 3.70. The lowest BCUT2D eigenvalue weighted by Crippen LogP contribution is -2.27. The minimum atomic E-state index is -4.58. The van der Waals surface area contributed by atoms with Crippen molar-refractivity contribution in [3.05, 3.63) is 40.3 Å². The molecule has 2 aromatic rings. The molecule has 10 heteroatoms. The molecule has 0 aliphatic carbocycles. The summed E-state index contributed by atoms with van der Waals surface area (Å²) in [6.07, 6.45) is -2.90. The van der Waals surface area contributed by atoms with Crippen LogP contribution in [0.1, 0.15) is 5.56 Å². The smallest absolute Gasteiger partial charge is 0.324 e. The Morgan fingerprint density at radius 1 is 1.41 bits per heavy atom. The number of hydrogen-bond acceptors (Lipinski definition) is 4. The highest BCUT2D eigenvalue weighted by atomic mass is 32.2. The van der Waals surface area contributed by atoms with Gasteiger partial charge in [0.1, 0.15) is 6.54 Å². The van der Waals surface area contributed by atoms with Gasteiger partial charge in [-0.15, -0.1) is 5.10 Å². The van der Waals surface area contributed by atoms with Crippen LogP contribution in [-0.2, 0) is 17.5 Å². The van der Waals surface area contributed by atoms with E-state index in [2.05, 4.69) is 15.4 Å². The van der Waals surface area contributed by atoms with Crippen molar-refractivity contribution in [2.45, 2.75) is 17.9 Å². The summed E-state index contributed by atoms with van der Waals surface area (Å²) < 4.78 is 39.3. The van der Waals surface area contributed by atoms with Crippen LogP contribution in [0.4, 0.5) is 18.9 Å². The Morgan fingerprint density at radius 2 is 2.09 bits per heavy atom. The van der Waals surface area contributed by atoms with E-state index in [0.717, 1.165) is 16.8 Å². The molecule has 1 aromatic heterocycles. The van der Waals surface area contributed by atoms with E-state index in [-0.39, 0.29) is 5.69 Å². The van der Waals surface area contributed by atoms with E-state index in [1.165, 1.54) is 23.9 Å². The number of halogens is 3. The predicted octanol–water partition coefficient (Wildman–Crippen LogP) is 1.95. The summed E-state index contributed by atoms with van der Waals surface area (Å²) in [7, 11) is 0. The van der Waals surface area contributed by atoms with Crippen molar-refractivity contribution in [1.29, 1.82) is 0 Å². The number of nitrogens with zero attached hydrogens (tertiary/aromatic N) is 2. The normalized spacial score (nSPS) is 11.5. The van der Waals surface area contributed by atoms with Gasteiger partial charge < -0.3 is 5.32 Å². The molecule has 6 nitrogen and oxygen atoms in total. The molecule has 118 valence electrons.